The first kappa shape index (κ1) is 19.4. The third kappa shape index (κ3) is 4.17. The van der Waals surface area contributed by atoms with Crippen LogP contribution in [0.5, 0.6) is 0 Å². The maximum absolute atomic E-state index is 6.78. The quantitative estimate of drug-likeness (QED) is 0.523. The maximum atomic E-state index is 6.78. The number of hydrogen-bond donors (Lipinski definition) is 0. The van der Waals surface area contributed by atoms with Crippen LogP contribution in [0.3, 0.4) is 0 Å². The molecule has 24 heavy (non-hydrogen) atoms. The zero-order chi connectivity index (χ0) is 18.2. The van der Waals surface area contributed by atoms with Gasteiger partial charge >= 0.3 is 0 Å². The minimum absolute atomic E-state index is 0.124. The molecule has 0 aliphatic carbocycles. The summed E-state index contributed by atoms with van der Waals surface area (Å²) < 4.78 is 19.0. The van der Waals surface area contributed by atoms with Crippen LogP contribution in [0, 0.1) is 0 Å². The molecule has 3 atom stereocenters. The van der Waals surface area contributed by atoms with Crippen molar-refractivity contribution >= 4 is 8.32 Å². The summed E-state index contributed by atoms with van der Waals surface area (Å²) in [7, 11) is -1.98. The van der Waals surface area contributed by atoms with Gasteiger partial charge in [-0.25, -0.2) is 0 Å². The van der Waals surface area contributed by atoms with Crippen LogP contribution in [-0.4, -0.2) is 26.3 Å². The standard InChI is InChI=1S/C20H32O3Si/c1-9-16-18(22-20(5,6)21-16)17(15-13-11-10-12-14-15)23-24(7,8)19(2,3)4/h9-14,16-18H,1H2,2-8H3/t16-,17-,18+/m1/s1. The van der Waals surface area contributed by atoms with Crippen molar-refractivity contribution < 1.29 is 13.9 Å². The van der Waals surface area contributed by atoms with Gasteiger partial charge in [-0.05, 0) is 37.5 Å². The fraction of sp³-hybridized carbons (Fsp3) is 0.600. The van der Waals surface area contributed by atoms with Crippen LogP contribution in [0.1, 0.15) is 46.3 Å². The summed E-state index contributed by atoms with van der Waals surface area (Å²) >= 11 is 0. The number of ether oxygens (including phenoxy) is 2. The van der Waals surface area contributed by atoms with Crippen molar-refractivity contribution in [3.63, 3.8) is 0 Å². The molecule has 0 amide bonds. The van der Waals surface area contributed by atoms with E-state index in [0.717, 1.165) is 5.56 Å². The van der Waals surface area contributed by atoms with Crippen LogP contribution >= 0.6 is 0 Å². The summed E-state index contributed by atoms with van der Waals surface area (Å²) in [6.45, 7) is 19.1. The molecule has 1 aliphatic heterocycles. The Morgan fingerprint density at radius 2 is 1.75 bits per heavy atom. The van der Waals surface area contributed by atoms with Crippen molar-refractivity contribution in [2.45, 2.75) is 76.8 Å². The van der Waals surface area contributed by atoms with E-state index >= 15 is 0 Å². The molecule has 3 nitrogen and oxygen atoms in total. The molecule has 1 saturated heterocycles. The Morgan fingerprint density at radius 1 is 1.17 bits per heavy atom. The summed E-state index contributed by atoms with van der Waals surface area (Å²) in [5.74, 6) is -0.632. The Bertz CT molecular complexity index is 560. The van der Waals surface area contributed by atoms with Crippen LogP contribution in [-0.2, 0) is 13.9 Å². The third-order valence-electron chi connectivity index (χ3n) is 5.05. The lowest BCUT2D eigenvalue weighted by Gasteiger charge is -2.41. The van der Waals surface area contributed by atoms with Gasteiger partial charge in [0.25, 0.3) is 0 Å². The normalized spacial score (nSPS) is 25.5. The Kier molecular flexibility index (Phi) is 5.45. The third-order valence-corrected chi connectivity index (χ3v) is 9.51. The monoisotopic (exact) mass is 348 g/mol. The van der Waals surface area contributed by atoms with Crippen LogP contribution in [0.4, 0.5) is 0 Å². The summed E-state index contributed by atoms with van der Waals surface area (Å²) in [5.41, 5.74) is 1.13. The molecule has 0 saturated carbocycles. The van der Waals surface area contributed by atoms with E-state index in [1.165, 1.54) is 0 Å². The largest absolute Gasteiger partial charge is 0.407 e. The zero-order valence-corrected chi connectivity index (χ0v) is 17.1. The summed E-state index contributed by atoms with van der Waals surface area (Å²) in [4.78, 5) is 0. The van der Waals surface area contributed by atoms with Gasteiger partial charge in [0.15, 0.2) is 14.1 Å². The van der Waals surface area contributed by atoms with E-state index in [9.17, 15) is 0 Å². The van der Waals surface area contributed by atoms with Crippen LogP contribution < -0.4 is 0 Å². The van der Waals surface area contributed by atoms with Gasteiger partial charge < -0.3 is 13.9 Å². The molecule has 0 bridgehead atoms. The minimum Gasteiger partial charge on any atom is -0.407 e. The van der Waals surface area contributed by atoms with E-state index in [1.807, 2.05) is 38.1 Å². The summed E-state index contributed by atoms with van der Waals surface area (Å²) in [6, 6.07) is 10.3. The Labute approximate surface area is 148 Å². The van der Waals surface area contributed by atoms with E-state index in [-0.39, 0.29) is 23.4 Å². The second kappa shape index (κ2) is 6.75. The Balaban J connectivity index is 2.39. The molecule has 0 radical (unpaired) electrons. The Hall–Kier alpha value is -0.943. The number of hydrogen-bond acceptors (Lipinski definition) is 3. The average molecular weight is 349 g/mol. The van der Waals surface area contributed by atoms with Gasteiger partial charge in [0.2, 0.25) is 0 Å². The molecule has 1 aromatic carbocycles. The molecule has 0 aromatic heterocycles. The molecule has 1 aromatic rings. The highest BCUT2D eigenvalue weighted by Gasteiger charge is 2.48. The first-order chi connectivity index (χ1) is 11.0. The van der Waals surface area contributed by atoms with Gasteiger partial charge in [-0.3, -0.25) is 0 Å². The molecule has 0 unspecified atom stereocenters. The predicted octanol–water partition coefficient (Wildman–Crippen LogP) is 5.46. The van der Waals surface area contributed by atoms with E-state index in [0.29, 0.717) is 0 Å². The van der Waals surface area contributed by atoms with E-state index in [4.69, 9.17) is 13.9 Å². The molecule has 134 valence electrons. The van der Waals surface area contributed by atoms with Crippen LogP contribution in [0.2, 0.25) is 18.1 Å². The fourth-order valence-electron chi connectivity index (χ4n) is 2.70. The highest BCUT2D eigenvalue weighted by molar-refractivity contribution is 6.74. The molecular weight excluding hydrogens is 316 g/mol. The van der Waals surface area contributed by atoms with Gasteiger partial charge in [0.05, 0.1) is 6.10 Å². The molecule has 1 aliphatic rings. The van der Waals surface area contributed by atoms with Crippen molar-refractivity contribution in [1.29, 1.82) is 0 Å². The Morgan fingerprint density at radius 3 is 2.25 bits per heavy atom. The van der Waals surface area contributed by atoms with Crippen molar-refractivity contribution in [2.24, 2.45) is 0 Å². The molecule has 1 fully saturated rings. The van der Waals surface area contributed by atoms with Gasteiger partial charge in [-0.1, -0.05) is 57.2 Å². The lowest BCUT2D eigenvalue weighted by Crippen LogP contribution is -2.45. The number of rotatable bonds is 5. The minimum atomic E-state index is -1.98. The van der Waals surface area contributed by atoms with Crippen molar-refractivity contribution in [3.05, 3.63) is 48.6 Å². The van der Waals surface area contributed by atoms with Gasteiger partial charge in [-0.15, -0.1) is 6.58 Å². The molecule has 0 N–H and O–H groups in total. The average Bonchev–Trinajstić information content (AvgIpc) is 2.79. The first-order valence-corrected chi connectivity index (χ1v) is 11.6. The summed E-state index contributed by atoms with van der Waals surface area (Å²) in [6.07, 6.45) is 1.27. The topological polar surface area (TPSA) is 27.7 Å². The van der Waals surface area contributed by atoms with Crippen LogP contribution in [0.25, 0.3) is 0 Å². The molecular formula is C20H32O3Si. The van der Waals surface area contributed by atoms with E-state index < -0.39 is 14.1 Å². The van der Waals surface area contributed by atoms with Crippen molar-refractivity contribution in [3.8, 4) is 0 Å². The molecule has 4 heteroatoms. The second-order valence-corrected chi connectivity index (χ2v) is 13.3. The highest BCUT2D eigenvalue weighted by atomic mass is 28.4. The molecule has 1 heterocycles. The zero-order valence-electron chi connectivity index (χ0n) is 16.1. The lowest BCUT2D eigenvalue weighted by molar-refractivity contribution is -0.152. The van der Waals surface area contributed by atoms with Crippen molar-refractivity contribution in [2.75, 3.05) is 0 Å². The number of benzene rings is 1. The predicted molar refractivity (Wildman–Crippen MR) is 101 cm³/mol. The van der Waals surface area contributed by atoms with Crippen LogP contribution in [0.15, 0.2) is 43.0 Å². The summed E-state index contributed by atoms with van der Waals surface area (Å²) in [5, 5.41) is 0.124. The van der Waals surface area contributed by atoms with E-state index in [1.54, 1.807) is 0 Å². The SMILES string of the molecule is C=C[C@H]1OC(C)(C)O[C@@H]1[C@H](O[Si](C)(C)C(C)(C)C)c1ccccc1. The second-order valence-electron chi connectivity index (χ2n) is 8.51. The van der Waals surface area contributed by atoms with Gasteiger partial charge in [0.1, 0.15) is 12.2 Å². The first-order valence-electron chi connectivity index (χ1n) is 8.68. The fourth-order valence-corrected chi connectivity index (χ4v) is 3.95. The van der Waals surface area contributed by atoms with Gasteiger partial charge in [-0.2, -0.15) is 0 Å². The van der Waals surface area contributed by atoms with E-state index in [2.05, 4.69) is 52.6 Å². The highest BCUT2D eigenvalue weighted by Crippen LogP contribution is 2.44. The van der Waals surface area contributed by atoms with Crippen molar-refractivity contribution in [1.82, 2.24) is 0 Å². The molecule has 0 spiro atoms. The smallest absolute Gasteiger partial charge is 0.193 e. The van der Waals surface area contributed by atoms with Gasteiger partial charge in [0, 0.05) is 0 Å². The lowest BCUT2D eigenvalue weighted by atomic mass is 10.0. The molecule has 2 rings (SSSR count). The maximum Gasteiger partial charge on any atom is 0.193 e.